The van der Waals surface area contributed by atoms with Crippen LogP contribution in [-0.2, 0) is 0 Å². The molecule has 1 heterocycles. The summed E-state index contributed by atoms with van der Waals surface area (Å²) in [4.78, 5) is 2.32. The summed E-state index contributed by atoms with van der Waals surface area (Å²) in [5, 5.41) is 4.68. The highest BCUT2D eigenvalue weighted by atomic mass is 16.3. The van der Waals surface area contributed by atoms with Crippen LogP contribution >= 0.6 is 0 Å². The third kappa shape index (κ3) is 5.81. The average Bonchev–Trinajstić information content (AvgIpc) is 3.61. The summed E-state index contributed by atoms with van der Waals surface area (Å²) in [6.07, 6.45) is 0. The molecule has 1 aromatic heterocycles. The van der Waals surface area contributed by atoms with Crippen molar-refractivity contribution in [2.75, 3.05) is 4.90 Å². The summed E-state index contributed by atoms with van der Waals surface area (Å²) in [5.41, 5.74) is 14.7. The molecule has 0 bridgehead atoms. The van der Waals surface area contributed by atoms with E-state index in [0.29, 0.717) is 0 Å². The van der Waals surface area contributed by atoms with Crippen molar-refractivity contribution in [2.24, 2.45) is 0 Å². The molecule has 9 aromatic carbocycles. The summed E-state index contributed by atoms with van der Waals surface area (Å²) < 4.78 is 6.28. The molecule has 0 aliphatic heterocycles. The predicted octanol–water partition coefficient (Wildman–Crippen LogP) is 14.9. The van der Waals surface area contributed by atoms with Crippen LogP contribution in [0.2, 0.25) is 0 Å². The van der Waals surface area contributed by atoms with Gasteiger partial charge in [-0.25, -0.2) is 0 Å². The Morgan fingerprint density at radius 2 is 0.741 bits per heavy atom. The highest BCUT2D eigenvalue weighted by Gasteiger charge is 2.16. The first-order valence-corrected chi connectivity index (χ1v) is 18.4. The number of anilines is 3. The van der Waals surface area contributed by atoms with E-state index in [1.165, 1.54) is 44.2 Å². The Labute approximate surface area is 314 Å². The summed E-state index contributed by atoms with van der Waals surface area (Å²) in [7, 11) is 0. The Kier molecular flexibility index (Phi) is 7.85. The van der Waals surface area contributed by atoms with E-state index < -0.39 is 0 Å². The van der Waals surface area contributed by atoms with Gasteiger partial charge in [-0.15, -0.1) is 0 Å². The molecule has 0 aliphatic carbocycles. The van der Waals surface area contributed by atoms with Crippen LogP contribution < -0.4 is 4.90 Å². The second kappa shape index (κ2) is 13.4. The molecule has 10 rings (SSSR count). The molecule has 0 radical (unpaired) electrons. The molecule has 10 aromatic rings. The van der Waals surface area contributed by atoms with E-state index in [2.05, 4.69) is 217 Å². The van der Waals surface area contributed by atoms with Crippen molar-refractivity contribution >= 4 is 49.8 Å². The largest absolute Gasteiger partial charge is 0.456 e. The molecule has 0 aliphatic rings. The maximum absolute atomic E-state index is 6.28. The van der Waals surface area contributed by atoms with Crippen LogP contribution in [0.4, 0.5) is 17.1 Å². The van der Waals surface area contributed by atoms with Gasteiger partial charge < -0.3 is 9.32 Å². The van der Waals surface area contributed by atoms with Crippen LogP contribution in [0.5, 0.6) is 0 Å². The van der Waals surface area contributed by atoms with E-state index in [1.54, 1.807) is 0 Å². The Hall–Kier alpha value is -7.16. The lowest BCUT2D eigenvalue weighted by atomic mass is 9.91. The number of furan rings is 1. The quantitative estimate of drug-likeness (QED) is 0.166. The lowest BCUT2D eigenvalue weighted by Crippen LogP contribution is -2.09. The fraction of sp³-hybridized carbons (Fsp3) is 0. The maximum Gasteiger partial charge on any atom is 0.136 e. The molecule has 0 unspecified atom stereocenters. The second-order valence-corrected chi connectivity index (χ2v) is 13.8. The Balaban J connectivity index is 1.00. The first kappa shape index (κ1) is 31.6. The van der Waals surface area contributed by atoms with Crippen molar-refractivity contribution in [1.29, 1.82) is 0 Å². The van der Waals surface area contributed by atoms with Crippen LogP contribution in [0.3, 0.4) is 0 Å². The third-order valence-electron chi connectivity index (χ3n) is 10.5. The average molecular weight is 690 g/mol. The smallest absolute Gasteiger partial charge is 0.136 e. The Bertz CT molecular complexity index is 2890. The minimum Gasteiger partial charge on any atom is -0.456 e. The van der Waals surface area contributed by atoms with Gasteiger partial charge in [0.2, 0.25) is 0 Å². The van der Waals surface area contributed by atoms with Crippen molar-refractivity contribution in [1.82, 2.24) is 0 Å². The van der Waals surface area contributed by atoms with E-state index in [4.69, 9.17) is 4.42 Å². The molecule has 0 saturated heterocycles. The SMILES string of the molecule is c1ccc(-c2ccc(-c3ccc(N(c4ccccc4)c4ccc(-c5ccc6oc7cc8ccccc8cc7c6c5)cc4)cc3)c(-c3ccccc3)c2)cc1. The monoisotopic (exact) mass is 689 g/mol. The number of hydrogen-bond donors (Lipinski definition) is 0. The minimum absolute atomic E-state index is 0.905. The first-order chi connectivity index (χ1) is 26.7. The van der Waals surface area contributed by atoms with Crippen LogP contribution in [0.25, 0.3) is 77.2 Å². The summed E-state index contributed by atoms with van der Waals surface area (Å²) >= 11 is 0. The van der Waals surface area contributed by atoms with Crippen LogP contribution in [0.1, 0.15) is 0 Å². The molecule has 0 amide bonds. The number of hydrogen-bond acceptors (Lipinski definition) is 2. The number of rotatable bonds is 7. The molecule has 0 spiro atoms. The Morgan fingerprint density at radius 1 is 0.278 bits per heavy atom. The van der Waals surface area contributed by atoms with Crippen LogP contribution in [-0.4, -0.2) is 0 Å². The maximum atomic E-state index is 6.28. The number of benzene rings is 9. The van der Waals surface area contributed by atoms with Gasteiger partial charge in [0.15, 0.2) is 0 Å². The van der Waals surface area contributed by atoms with Gasteiger partial charge in [-0.3, -0.25) is 0 Å². The van der Waals surface area contributed by atoms with E-state index in [-0.39, 0.29) is 0 Å². The van der Waals surface area contributed by atoms with Crippen molar-refractivity contribution in [3.63, 3.8) is 0 Å². The molecular weight excluding hydrogens is 655 g/mol. The zero-order valence-corrected chi connectivity index (χ0v) is 29.6. The molecule has 0 atom stereocenters. The van der Waals surface area contributed by atoms with Gasteiger partial charge in [0, 0.05) is 27.8 Å². The highest BCUT2D eigenvalue weighted by Crippen LogP contribution is 2.40. The topological polar surface area (TPSA) is 16.4 Å². The molecular formula is C52H35NO. The number of fused-ring (bicyclic) bond motifs is 4. The molecule has 0 fully saturated rings. The fourth-order valence-corrected chi connectivity index (χ4v) is 7.72. The van der Waals surface area contributed by atoms with Gasteiger partial charge in [0.1, 0.15) is 11.2 Å². The lowest BCUT2D eigenvalue weighted by molar-refractivity contribution is 0.669. The molecule has 0 N–H and O–H groups in total. The zero-order valence-electron chi connectivity index (χ0n) is 29.6. The second-order valence-electron chi connectivity index (χ2n) is 13.8. The van der Waals surface area contributed by atoms with Crippen molar-refractivity contribution in [3.05, 3.63) is 212 Å². The summed E-state index contributed by atoms with van der Waals surface area (Å²) in [5.74, 6) is 0. The normalized spacial score (nSPS) is 11.3. The molecule has 2 heteroatoms. The fourth-order valence-electron chi connectivity index (χ4n) is 7.72. The van der Waals surface area contributed by atoms with Crippen molar-refractivity contribution in [2.45, 2.75) is 0 Å². The van der Waals surface area contributed by atoms with E-state index in [1.807, 2.05) is 0 Å². The number of para-hydroxylation sites is 1. The van der Waals surface area contributed by atoms with Crippen LogP contribution in [0, 0.1) is 0 Å². The molecule has 54 heavy (non-hydrogen) atoms. The zero-order chi connectivity index (χ0) is 35.8. The molecule has 254 valence electrons. The third-order valence-corrected chi connectivity index (χ3v) is 10.5. The van der Waals surface area contributed by atoms with Gasteiger partial charge in [-0.05, 0) is 122 Å². The molecule has 0 saturated carbocycles. The standard InChI is InChI=1S/C52H35NO/c1-4-12-36(13-5-1)42-24-30-47(48(32-42)38-14-6-2-7-15-38)39-22-28-46(29-23-39)53(44-18-8-3-9-19-44)45-26-20-37(21-27-45)43-25-31-51-49(34-43)50-33-40-16-10-11-17-41(40)35-52(50)54-51/h1-35H. The summed E-state index contributed by atoms with van der Waals surface area (Å²) in [6, 6.07) is 75.9. The van der Waals surface area contributed by atoms with E-state index >= 15 is 0 Å². The van der Waals surface area contributed by atoms with Crippen molar-refractivity contribution < 1.29 is 4.42 Å². The minimum atomic E-state index is 0.905. The van der Waals surface area contributed by atoms with Gasteiger partial charge in [-0.1, -0.05) is 146 Å². The van der Waals surface area contributed by atoms with Gasteiger partial charge in [0.05, 0.1) is 0 Å². The summed E-state index contributed by atoms with van der Waals surface area (Å²) in [6.45, 7) is 0. The molecule has 2 nitrogen and oxygen atoms in total. The van der Waals surface area contributed by atoms with Gasteiger partial charge in [0.25, 0.3) is 0 Å². The number of nitrogens with zero attached hydrogens (tertiary/aromatic N) is 1. The van der Waals surface area contributed by atoms with Gasteiger partial charge >= 0.3 is 0 Å². The van der Waals surface area contributed by atoms with E-state index in [9.17, 15) is 0 Å². The lowest BCUT2D eigenvalue weighted by Gasteiger charge is -2.26. The Morgan fingerprint density at radius 3 is 1.43 bits per heavy atom. The highest BCUT2D eigenvalue weighted by molar-refractivity contribution is 6.11. The van der Waals surface area contributed by atoms with Gasteiger partial charge in [-0.2, -0.15) is 0 Å². The predicted molar refractivity (Wildman–Crippen MR) is 228 cm³/mol. The first-order valence-electron chi connectivity index (χ1n) is 18.4. The van der Waals surface area contributed by atoms with E-state index in [0.717, 1.165) is 50.1 Å². The van der Waals surface area contributed by atoms with Crippen LogP contribution in [0.15, 0.2) is 217 Å². The van der Waals surface area contributed by atoms with Crippen molar-refractivity contribution in [3.8, 4) is 44.5 Å².